The van der Waals surface area contributed by atoms with Crippen molar-refractivity contribution in [2.45, 2.75) is 58.0 Å². The summed E-state index contributed by atoms with van der Waals surface area (Å²) in [5, 5.41) is 2.32. The molecule has 3 heterocycles. The van der Waals surface area contributed by atoms with Crippen LogP contribution in [-0.2, 0) is 17.8 Å². The van der Waals surface area contributed by atoms with E-state index >= 15 is 0 Å². The van der Waals surface area contributed by atoms with Gasteiger partial charge >= 0.3 is 0 Å². The molecule has 2 fully saturated rings. The van der Waals surface area contributed by atoms with Gasteiger partial charge in [-0.15, -0.1) is 0 Å². The van der Waals surface area contributed by atoms with E-state index in [2.05, 4.69) is 67.7 Å². The number of imidazole rings is 1. The Morgan fingerprint density at radius 3 is 2.51 bits per heavy atom. The maximum absolute atomic E-state index is 13.7. The number of amides is 1. The minimum Gasteiger partial charge on any atom is -0.383 e. The average Bonchev–Trinajstić information content (AvgIpc) is 3.67. The van der Waals surface area contributed by atoms with Crippen molar-refractivity contribution in [1.29, 1.82) is 0 Å². The molecule has 7 heteroatoms. The molecule has 0 N–H and O–H groups in total. The Morgan fingerprint density at radius 1 is 0.930 bits per heavy atom. The lowest BCUT2D eigenvalue weighted by atomic mass is 9.88. The molecule has 0 spiro atoms. The summed E-state index contributed by atoms with van der Waals surface area (Å²) in [4.78, 5) is 22.7. The van der Waals surface area contributed by atoms with E-state index in [1.807, 2.05) is 25.8 Å². The first-order valence-electron chi connectivity index (χ1n) is 16.2. The molecule has 7 nitrogen and oxygen atoms in total. The van der Waals surface area contributed by atoms with E-state index in [4.69, 9.17) is 4.74 Å². The third kappa shape index (κ3) is 7.05. The van der Waals surface area contributed by atoms with Gasteiger partial charge in [-0.3, -0.25) is 4.79 Å². The average molecular weight is 582 g/mol. The Hall–Kier alpha value is -3.42. The van der Waals surface area contributed by atoms with Crippen LogP contribution in [0.4, 0.5) is 0 Å². The number of ether oxygens (including phenoxy) is 1. The molecule has 1 saturated heterocycles. The molecule has 2 aliphatic rings. The van der Waals surface area contributed by atoms with Crippen LogP contribution >= 0.6 is 0 Å². The molecule has 43 heavy (non-hydrogen) atoms. The van der Waals surface area contributed by atoms with Crippen molar-refractivity contribution in [1.82, 2.24) is 23.9 Å². The number of methoxy groups -OCH3 is 1. The fraction of sp³-hybridized carbons (Fsp3) is 0.500. The minimum absolute atomic E-state index is 0.00669. The van der Waals surface area contributed by atoms with E-state index in [1.54, 1.807) is 12.0 Å². The first-order chi connectivity index (χ1) is 21.1. The Morgan fingerprint density at radius 2 is 1.70 bits per heavy atom. The highest BCUT2D eigenvalue weighted by atomic mass is 16.5. The molecule has 0 atom stereocenters. The van der Waals surface area contributed by atoms with Gasteiger partial charge in [0.2, 0.25) is 0 Å². The number of likely N-dealkylation sites (N-methyl/N-ethyl adjacent to an activating group) is 1. The highest BCUT2D eigenvalue weighted by Gasteiger charge is 2.24. The van der Waals surface area contributed by atoms with Crippen molar-refractivity contribution in [3.63, 3.8) is 0 Å². The molecule has 2 aromatic carbocycles. The van der Waals surface area contributed by atoms with Crippen LogP contribution < -0.4 is 0 Å². The summed E-state index contributed by atoms with van der Waals surface area (Å²) in [5.41, 5.74) is 3.93. The quantitative estimate of drug-likeness (QED) is 0.201. The van der Waals surface area contributed by atoms with Gasteiger partial charge in [-0.1, -0.05) is 61.7 Å². The molecular weight excluding hydrogens is 534 g/mol. The molecule has 4 aromatic rings. The predicted octanol–water partition coefficient (Wildman–Crippen LogP) is 6.56. The number of likely N-dealkylation sites (tertiary alicyclic amines) is 1. The monoisotopic (exact) mass is 581 g/mol. The van der Waals surface area contributed by atoms with Crippen LogP contribution in [0, 0.1) is 11.8 Å². The first kappa shape index (κ1) is 29.6. The van der Waals surface area contributed by atoms with E-state index in [0.29, 0.717) is 31.2 Å². The minimum atomic E-state index is 0.00669. The molecule has 1 saturated carbocycles. The summed E-state index contributed by atoms with van der Waals surface area (Å²) in [6.07, 6.45) is 17.8. The van der Waals surface area contributed by atoms with Gasteiger partial charge in [0.25, 0.3) is 5.91 Å². The molecule has 1 amide bonds. The third-order valence-electron chi connectivity index (χ3n) is 9.71. The molecule has 228 valence electrons. The lowest BCUT2D eigenvalue weighted by Crippen LogP contribution is -2.38. The molecule has 6 rings (SSSR count). The van der Waals surface area contributed by atoms with Crippen molar-refractivity contribution in [3.8, 4) is 11.1 Å². The number of fused-ring (bicyclic) bond motifs is 1. The van der Waals surface area contributed by atoms with Crippen LogP contribution in [0.1, 0.15) is 61.0 Å². The topological polar surface area (TPSA) is 55.5 Å². The highest BCUT2D eigenvalue weighted by molar-refractivity contribution is 6.05. The fourth-order valence-electron chi connectivity index (χ4n) is 7.18. The summed E-state index contributed by atoms with van der Waals surface area (Å²) >= 11 is 0. The molecule has 2 aromatic heterocycles. The van der Waals surface area contributed by atoms with Gasteiger partial charge in [-0.25, -0.2) is 4.98 Å². The van der Waals surface area contributed by atoms with Gasteiger partial charge < -0.3 is 23.7 Å². The van der Waals surface area contributed by atoms with Crippen LogP contribution in [0.5, 0.6) is 0 Å². The number of hydrogen-bond acceptors (Lipinski definition) is 4. The first-order valence-corrected chi connectivity index (χ1v) is 16.2. The zero-order valence-electron chi connectivity index (χ0n) is 26.0. The van der Waals surface area contributed by atoms with Crippen molar-refractivity contribution < 1.29 is 9.53 Å². The van der Waals surface area contributed by atoms with Crippen LogP contribution in [0.25, 0.3) is 21.9 Å². The number of piperidine rings is 1. The summed E-state index contributed by atoms with van der Waals surface area (Å²) in [5.74, 6) is 1.60. The number of nitrogens with zero attached hydrogens (tertiary/aromatic N) is 5. The number of rotatable bonds is 11. The standard InChI is InChI=1S/C36H47N5O2/c1-38(19-20-43-2)36(42)35-26-40(25-34(35)33-14-8-12-30-11-6-7-13-32(30)33)24-31-21-37-27-41(31)23-29-15-17-39(18-16-29)22-28-9-4-3-5-10-28/h6-8,11-14,21,25-29H,3-5,9-10,15-20,22-24H2,1-2H3. The number of aromatic nitrogens is 3. The maximum Gasteiger partial charge on any atom is 0.255 e. The zero-order valence-corrected chi connectivity index (χ0v) is 26.0. The predicted molar refractivity (Wildman–Crippen MR) is 173 cm³/mol. The van der Waals surface area contributed by atoms with Gasteiger partial charge in [0.15, 0.2) is 0 Å². The summed E-state index contributed by atoms with van der Waals surface area (Å²) in [6, 6.07) is 14.7. The van der Waals surface area contributed by atoms with Crippen molar-refractivity contribution in [3.05, 3.63) is 78.6 Å². The van der Waals surface area contributed by atoms with Crippen molar-refractivity contribution in [2.75, 3.05) is 46.9 Å². The van der Waals surface area contributed by atoms with E-state index < -0.39 is 0 Å². The number of benzene rings is 2. The van der Waals surface area contributed by atoms with Gasteiger partial charge in [0, 0.05) is 57.9 Å². The second-order valence-electron chi connectivity index (χ2n) is 12.8. The normalized spacial score (nSPS) is 17.1. The lowest BCUT2D eigenvalue weighted by Gasteiger charge is -2.35. The highest BCUT2D eigenvalue weighted by Crippen LogP contribution is 2.33. The summed E-state index contributed by atoms with van der Waals surface area (Å²) in [7, 11) is 3.52. The van der Waals surface area contributed by atoms with Gasteiger partial charge in [-0.2, -0.15) is 0 Å². The third-order valence-corrected chi connectivity index (χ3v) is 9.71. The molecule has 0 unspecified atom stereocenters. The maximum atomic E-state index is 13.7. The Labute approximate surface area is 256 Å². The van der Waals surface area contributed by atoms with Gasteiger partial charge in [0.05, 0.1) is 30.7 Å². The summed E-state index contributed by atoms with van der Waals surface area (Å²) < 4.78 is 9.75. The van der Waals surface area contributed by atoms with Crippen molar-refractivity contribution >= 4 is 16.7 Å². The van der Waals surface area contributed by atoms with Crippen LogP contribution in [-0.4, -0.2) is 76.8 Å². The van der Waals surface area contributed by atoms with Gasteiger partial charge in [0.1, 0.15) is 0 Å². The van der Waals surface area contributed by atoms with E-state index in [0.717, 1.165) is 29.0 Å². The molecule has 1 aliphatic carbocycles. The van der Waals surface area contributed by atoms with Crippen LogP contribution in [0.2, 0.25) is 0 Å². The van der Waals surface area contributed by atoms with Crippen LogP contribution in [0.15, 0.2) is 67.4 Å². The fourth-order valence-corrected chi connectivity index (χ4v) is 7.18. The molecule has 0 bridgehead atoms. The molecule has 0 radical (unpaired) electrons. The Bertz CT molecular complexity index is 1490. The number of carbonyl (C=O) groups is 1. The smallest absolute Gasteiger partial charge is 0.255 e. The SMILES string of the molecule is COCCN(C)C(=O)c1cn(Cc2cncn2CC2CCN(CC3CCCCC3)CC2)cc1-c1cccc2ccccc12. The summed E-state index contributed by atoms with van der Waals surface area (Å²) in [6.45, 7) is 6.48. The van der Waals surface area contributed by atoms with E-state index in [9.17, 15) is 4.79 Å². The second-order valence-corrected chi connectivity index (χ2v) is 12.8. The molecule has 1 aliphatic heterocycles. The van der Waals surface area contributed by atoms with Crippen LogP contribution in [0.3, 0.4) is 0 Å². The molecular formula is C36H47N5O2. The largest absolute Gasteiger partial charge is 0.383 e. The number of carbonyl (C=O) groups excluding carboxylic acids is 1. The second kappa shape index (κ2) is 13.9. The Kier molecular flexibility index (Phi) is 9.59. The van der Waals surface area contributed by atoms with E-state index in [-0.39, 0.29) is 5.91 Å². The number of hydrogen-bond donors (Lipinski definition) is 0. The van der Waals surface area contributed by atoms with E-state index in [1.165, 1.54) is 75.7 Å². The van der Waals surface area contributed by atoms with Crippen molar-refractivity contribution in [2.24, 2.45) is 11.8 Å². The van der Waals surface area contributed by atoms with Gasteiger partial charge in [-0.05, 0) is 66.9 Å². The lowest BCUT2D eigenvalue weighted by molar-refractivity contribution is 0.0745. The Balaban J connectivity index is 1.18. The zero-order chi connectivity index (χ0) is 29.6.